The zero-order valence-corrected chi connectivity index (χ0v) is 10.0. The molecule has 0 aliphatic rings. The molecule has 15 heavy (non-hydrogen) atoms. The number of aromatic hydroxyl groups is 1. The van der Waals surface area contributed by atoms with Gasteiger partial charge in [-0.1, -0.05) is 0 Å². The number of halogens is 1. The molecule has 4 nitrogen and oxygen atoms in total. The smallest absolute Gasteiger partial charge is 0.191 e. The lowest BCUT2D eigenvalue weighted by molar-refractivity contribution is 0.104. The van der Waals surface area contributed by atoms with Crippen molar-refractivity contribution in [2.75, 3.05) is 14.1 Å². The highest BCUT2D eigenvalue weighted by Gasteiger charge is 2.09. The first-order valence-electron chi connectivity index (χ1n) is 4.24. The van der Waals surface area contributed by atoms with E-state index in [9.17, 15) is 9.90 Å². The van der Waals surface area contributed by atoms with Crippen LogP contribution in [0, 0.1) is 0 Å². The summed E-state index contributed by atoms with van der Waals surface area (Å²) >= 11 is 3.14. The molecule has 0 fully saturated rings. The van der Waals surface area contributed by atoms with Crippen molar-refractivity contribution < 1.29 is 9.90 Å². The number of carbonyl (C=O) groups is 1. The van der Waals surface area contributed by atoms with Crippen molar-refractivity contribution in [3.8, 4) is 5.75 Å². The lowest BCUT2D eigenvalue weighted by Gasteiger charge is -2.04. The van der Waals surface area contributed by atoms with Crippen molar-refractivity contribution in [2.45, 2.75) is 0 Å². The van der Waals surface area contributed by atoms with Gasteiger partial charge in [0.1, 0.15) is 10.4 Å². The molecule has 1 heterocycles. The lowest BCUT2D eigenvalue weighted by Crippen LogP contribution is -2.03. The van der Waals surface area contributed by atoms with Crippen molar-refractivity contribution in [3.05, 3.63) is 34.7 Å². The molecular formula is C10H11BrN2O2. The van der Waals surface area contributed by atoms with Crippen molar-refractivity contribution in [1.29, 1.82) is 0 Å². The van der Waals surface area contributed by atoms with E-state index in [0.717, 1.165) is 0 Å². The van der Waals surface area contributed by atoms with E-state index >= 15 is 0 Å². The third-order valence-corrected chi connectivity index (χ3v) is 2.07. The normalized spacial score (nSPS) is 10.6. The van der Waals surface area contributed by atoms with Gasteiger partial charge in [0.25, 0.3) is 0 Å². The third-order valence-electron chi connectivity index (χ3n) is 1.64. The summed E-state index contributed by atoms with van der Waals surface area (Å²) < 4.78 is 0.516. The number of pyridine rings is 1. The van der Waals surface area contributed by atoms with Crippen molar-refractivity contribution in [1.82, 2.24) is 9.88 Å². The molecule has 5 heteroatoms. The van der Waals surface area contributed by atoms with Crippen molar-refractivity contribution in [2.24, 2.45) is 0 Å². The van der Waals surface area contributed by atoms with Crippen LogP contribution in [0.3, 0.4) is 0 Å². The second kappa shape index (κ2) is 4.93. The molecule has 1 rings (SSSR count). The first-order valence-corrected chi connectivity index (χ1v) is 5.03. The summed E-state index contributed by atoms with van der Waals surface area (Å²) in [5.41, 5.74) is 0.231. The molecule has 0 bridgehead atoms. The minimum absolute atomic E-state index is 0.119. The van der Waals surface area contributed by atoms with E-state index < -0.39 is 0 Å². The molecule has 1 aromatic rings. The second-order valence-electron chi connectivity index (χ2n) is 3.17. The van der Waals surface area contributed by atoms with Crippen LogP contribution in [-0.2, 0) is 0 Å². The number of nitrogens with zero attached hydrogens (tertiary/aromatic N) is 2. The first kappa shape index (κ1) is 11.7. The van der Waals surface area contributed by atoms with Gasteiger partial charge in [-0.25, -0.2) is 4.98 Å². The Morgan fingerprint density at radius 1 is 1.60 bits per heavy atom. The maximum absolute atomic E-state index is 11.6. The van der Waals surface area contributed by atoms with Crippen LogP contribution in [0.25, 0.3) is 0 Å². The molecule has 1 aromatic heterocycles. The predicted molar refractivity (Wildman–Crippen MR) is 60.8 cm³/mol. The van der Waals surface area contributed by atoms with Crippen LogP contribution < -0.4 is 0 Å². The van der Waals surface area contributed by atoms with Gasteiger partial charge in [-0.2, -0.15) is 0 Å². The standard InChI is InChI=1S/C10H11BrN2O2/c1-13(2)4-3-8(14)7-5-10(11)12-6-9(7)15/h3-6,15H,1-2H3/b4-3+. The quantitative estimate of drug-likeness (QED) is 0.517. The van der Waals surface area contributed by atoms with Crippen LogP contribution in [0.2, 0.25) is 0 Å². The molecule has 0 aliphatic heterocycles. The predicted octanol–water partition coefficient (Wildman–Crippen LogP) is 1.81. The van der Waals surface area contributed by atoms with Gasteiger partial charge in [0.2, 0.25) is 0 Å². The summed E-state index contributed by atoms with van der Waals surface area (Å²) in [4.78, 5) is 17.1. The Labute approximate surface area is 96.4 Å². The molecule has 80 valence electrons. The largest absolute Gasteiger partial charge is 0.506 e. The third kappa shape index (κ3) is 3.36. The summed E-state index contributed by atoms with van der Waals surface area (Å²) in [6.45, 7) is 0. The van der Waals surface area contributed by atoms with Gasteiger partial charge in [-0.15, -0.1) is 0 Å². The lowest BCUT2D eigenvalue weighted by atomic mass is 10.1. The van der Waals surface area contributed by atoms with Crippen LogP contribution in [0.1, 0.15) is 10.4 Å². The fourth-order valence-electron chi connectivity index (χ4n) is 0.927. The molecule has 0 aliphatic carbocycles. The maximum atomic E-state index is 11.6. The molecule has 0 amide bonds. The Kier molecular flexibility index (Phi) is 3.85. The van der Waals surface area contributed by atoms with Crippen molar-refractivity contribution in [3.63, 3.8) is 0 Å². The summed E-state index contributed by atoms with van der Waals surface area (Å²) in [6.07, 6.45) is 4.25. The molecular weight excluding hydrogens is 260 g/mol. The van der Waals surface area contributed by atoms with E-state index in [4.69, 9.17) is 0 Å². The maximum Gasteiger partial charge on any atom is 0.191 e. The topological polar surface area (TPSA) is 53.4 Å². The van der Waals surface area contributed by atoms with Crippen LogP contribution >= 0.6 is 15.9 Å². The minimum atomic E-state index is -0.260. The van der Waals surface area contributed by atoms with E-state index in [1.54, 1.807) is 11.1 Å². The molecule has 0 saturated heterocycles. The Morgan fingerprint density at radius 3 is 2.87 bits per heavy atom. The molecule has 0 atom stereocenters. The van der Waals surface area contributed by atoms with Gasteiger partial charge in [-0.05, 0) is 22.0 Å². The Bertz CT molecular complexity index is 402. The SMILES string of the molecule is CN(C)/C=C/C(=O)c1cc(Br)ncc1O. The zero-order chi connectivity index (χ0) is 11.4. The fourth-order valence-corrected chi connectivity index (χ4v) is 1.26. The van der Waals surface area contributed by atoms with Gasteiger partial charge >= 0.3 is 0 Å². The average Bonchev–Trinajstić information content (AvgIpc) is 2.18. The number of ketones is 1. The van der Waals surface area contributed by atoms with Gasteiger partial charge in [-0.3, -0.25) is 4.79 Å². The molecule has 0 unspecified atom stereocenters. The monoisotopic (exact) mass is 270 g/mol. The second-order valence-corrected chi connectivity index (χ2v) is 3.98. The molecule has 0 spiro atoms. The number of aromatic nitrogens is 1. The van der Waals surface area contributed by atoms with Gasteiger partial charge in [0.15, 0.2) is 5.78 Å². The molecule has 1 N–H and O–H groups in total. The van der Waals surface area contributed by atoms with E-state index in [-0.39, 0.29) is 17.1 Å². The van der Waals surface area contributed by atoms with Gasteiger partial charge in [0.05, 0.1) is 11.8 Å². The van der Waals surface area contributed by atoms with Gasteiger partial charge < -0.3 is 10.0 Å². The van der Waals surface area contributed by atoms with Crippen LogP contribution in [0.5, 0.6) is 5.75 Å². The van der Waals surface area contributed by atoms with E-state index in [2.05, 4.69) is 20.9 Å². The summed E-state index contributed by atoms with van der Waals surface area (Å²) in [7, 11) is 3.62. The highest BCUT2D eigenvalue weighted by molar-refractivity contribution is 9.10. The zero-order valence-electron chi connectivity index (χ0n) is 8.44. The van der Waals surface area contributed by atoms with Crippen LogP contribution in [0.4, 0.5) is 0 Å². The van der Waals surface area contributed by atoms with Crippen molar-refractivity contribution >= 4 is 21.7 Å². The molecule has 0 saturated carbocycles. The number of allylic oxidation sites excluding steroid dienone is 1. The average molecular weight is 271 g/mol. The summed E-state index contributed by atoms with van der Waals surface area (Å²) in [5, 5.41) is 9.42. The number of hydrogen-bond acceptors (Lipinski definition) is 4. The van der Waals surface area contributed by atoms with Crippen LogP contribution in [-0.4, -0.2) is 34.9 Å². The number of hydrogen-bond donors (Lipinski definition) is 1. The fraction of sp³-hybridized carbons (Fsp3) is 0.200. The highest BCUT2D eigenvalue weighted by atomic mass is 79.9. The first-order chi connectivity index (χ1) is 7.00. The number of carbonyl (C=O) groups excluding carboxylic acids is 1. The summed E-state index contributed by atoms with van der Waals surface area (Å²) in [5.74, 6) is -0.379. The van der Waals surface area contributed by atoms with E-state index in [1.807, 2.05) is 14.1 Å². The Hall–Kier alpha value is -1.36. The minimum Gasteiger partial charge on any atom is -0.506 e. The van der Waals surface area contributed by atoms with Gasteiger partial charge in [0, 0.05) is 26.4 Å². The molecule has 0 aromatic carbocycles. The van der Waals surface area contributed by atoms with Crippen LogP contribution in [0.15, 0.2) is 29.1 Å². The highest BCUT2D eigenvalue weighted by Crippen LogP contribution is 2.19. The Morgan fingerprint density at radius 2 is 2.27 bits per heavy atom. The van der Waals surface area contributed by atoms with E-state index in [0.29, 0.717) is 4.60 Å². The number of rotatable bonds is 3. The molecule has 0 radical (unpaired) electrons. The Balaban J connectivity index is 2.96. The summed E-state index contributed by atoms with van der Waals surface area (Å²) in [6, 6.07) is 1.48. The van der Waals surface area contributed by atoms with E-state index in [1.165, 1.54) is 18.3 Å².